The smallest absolute Gasteiger partial charge is 0.0628 e. The van der Waals surface area contributed by atoms with Crippen LogP contribution in [0.1, 0.15) is 33.1 Å². The third-order valence-corrected chi connectivity index (χ3v) is 4.77. The van der Waals surface area contributed by atoms with Crippen molar-refractivity contribution in [2.75, 3.05) is 25.4 Å². The molecule has 1 heterocycles. The highest BCUT2D eigenvalue weighted by molar-refractivity contribution is 8.00. The average molecular weight is 224 g/mol. The molecule has 0 radical (unpaired) electrons. The molecule has 0 bridgehead atoms. The molecule has 0 atom stereocenters. The topological polar surface area (TPSA) is 27.0 Å². The Morgan fingerprint density at radius 3 is 2.67 bits per heavy atom. The second-order valence-corrected chi connectivity index (χ2v) is 7.46. The van der Waals surface area contributed by atoms with E-state index in [4.69, 9.17) is 5.26 Å². The van der Waals surface area contributed by atoms with Crippen molar-refractivity contribution in [2.45, 2.75) is 37.9 Å². The molecule has 2 rings (SSSR count). The van der Waals surface area contributed by atoms with Crippen molar-refractivity contribution in [1.82, 2.24) is 4.90 Å². The first-order chi connectivity index (χ1) is 7.05. The standard InChI is InChI=1S/C12H20N2S/c1-11(2)9-14(7-8-15-11)10-12(3-4-12)5-6-13/h3-5,7-10H2,1-2H3. The minimum Gasteiger partial charge on any atom is -0.301 e. The maximum absolute atomic E-state index is 8.80. The quantitative estimate of drug-likeness (QED) is 0.737. The number of nitrogens with zero attached hydrogens (tertiary/aromatic N) is 2. The molecule has 0 N–H and O–H groups in total. The van der Waals surface area contributed by atoms with Gasteiger partial charge in [-0.25, -0.2) is 0 Å². The van der Waals surface area contributed by atoms with Gasteiger partial charge >= 0.3 is 0 Å². The van der Waals surface area contributed by atoms with Gasteiger partial charge in [0.25, 0.3) is 0 Å². The summed E-state index contributed by atoms with van der Waals surface area (Å²) >= 11 is 2.08. The summed E-state index contributed by atoms with van der Waals surface area (Å²) in [5.41, 5.74) is 0.382. The lowest BCUT2D eigenvalue weighted by Gasteiger charge is -2.39. The second-order valence-electron chi connectivity index (χ2n) is 5.65. The molecule has 2 aliphatic rings. The van der Waals surface area contributed by atoms with Gasteiger partial charge < -0.3 is 4.90 Å². The fourth-order valence-corrected chi connectivity index (χ4v) is 3.63. The Morgan fingerprint density at radius 2 is 2.13 bits per heavy atom. The number of hydrogen-bond donors (Lipinski definition) is 0. The van der Waals surface area contributed by atoms with Crippen LogP contribution in [0.25, 0.3) is 0 Å². The van der Waals surface area contributed by atoms with E-state index in [1.54, 1.807) is 0 Å². The first-order valence-electron chi connectivity index (χ1n) is 5.79. The molecule has 0 aromatic carbocycles. The van der Waals surface area contributed by atoms with Gasteiger partial charge in [0.1, 0.15) is 0 Å². The highest BCUT2D eigenvalue weighted by Gasteiger charge is 2.44. The molecule has 84 valence electrons. The summed E-state index contributed by atoms with van der Waals surface area (Å²) in [6, 6.07) is 2.35. The number of rotatable bonds is 3. The Bertz CT molecular complexity index is 276. The zero-order valence-corrected chi connectivity index (χ0v) is 10.6. The van der Waals surface area contributed by atoms with Gasteiger partial charge in [-0.2, -0.15) is 17.0 Å². The highest BCUT2D eigenvalue weighted by Crippen LogP contribution is 2.49. The van der Waals surface area contributed by atoms with Gasteiger partial charge in [0.15, 0.2) is 0 Å². The van der Waals surface area contributed by atoms with Crippen molar-refractivity contribution in [3.8, 4) is 6.07 Å². The maximum Gasteiger partial charge on any atom is 0.0628 e. The highest BCUT2D eigenvalue weighted by atomic mass is 32.2. The van der Waals surface area contributed by atoms with Gasteiger partial charge in [-0.1, -0.05) is 0 Å². The predicted molar refractivity (Wildman–Crippen MR) is 64.9 cm³/mol. The van der Waals surface area contributed by atoms with E-state index >= 15 is 0 Å². The summed E-state index contributed by atoms with van der Waals surface area (Å²) in [7, 11) is 0. The third-order valence-electron chi connectivity index (χ3n) is 3.47. The van der Waals surface area contributed by atoms with Crippen LogP contribution >= 0.6 is 11.8 Å². The molecule has 1 aliphatic carbocycles. The van der Waals surface area contributed by atoms with Crippen LogP contribution in [0.15, 0.2) is 0 Å². The predicted octanol–water partition coefficient (Wildman–Crippen LogP) is 2.51. The van der Waals surface area contributed by atoms with E-state index in [1.165, 1.54) is 31.7 Å². The molecule has 3 heteroatoms. The van der Waals surface area contributed by atoms with Gasteiger partial charge in [-0.15, -0.1) is 0 Å². The first kappa shape index (κ1) is 11.3. The van der Waals surface area contributed by atoms with Crippen LogP contribution in [-0.4, -0.2) is 35.0 Å². The molecule has 0 spiro atoms. The van der Waals surface area contributed by atoms with Crippen LogP contribution in [0.3, 0.4) is 0 Å². The van der Waals surface area contributed by atoms with E-state index in [9.17, 15) is 0 Å². The van der Waals surface area contributed by atoms with Gasteiger partial charge in [0.2, 0.25) is 0 Å². The molecular formula is C12H20N2S. The lowest BCUT2D eigenvalue weighted by atomic mass is 10.0. The monoisotopic (exact) mass is 224 g/mol. The fourth-order valence-electron chi connectivity index (χ4n) is 2.46. The van der Waals surface area contributed by atoms with Crippen LogP contribution in [-0.2, 0) is 0 Å². The molecule has 1 aliphatic heterocycles. The molecule has 2 nitrogen and oxygen atoms in total. The molecule has 1 saturated carbocycles. The second kappa shape index (κ2) is 3.99. The summed E-state index contributed by atoms with van der Waals surface area (Å²) in [5.74, 6) is 1.25. The normalized spacial score (nSPS) is 28.3. The minimum atomic E-state index is 0.382. The summed E-state index contributed by atoms with van der Waals surface area (Å²) in [4.78, 5) is 2.57. The van der Waals surface area contributed by atoms with Gasteiger partial charge in [0.05, 0.1) is 6.07 Å². The van der Waals surface area contributed by atoms with Gasteiger partial charge in [-0.3, -0.25) is 0 Å². The molecule has 0 amide bonds. The third kappa shape index (κ3) is 2.89. The Morgan fingerprint density at radius 1 is 1.40 bits per heavy atom. The van der Waals surface area contributed by atoms with E-state index < -0.39 is 0 Å². The zero-order valence-electron chi connectivity index (χ0n) is 9.75. The van der Waals surface area contributed by atoms with E-state index in [0.29, 0.717) is 10.2 Å². The molecule has 15 heavy (non-hydrogen) atoms. The Balaban J connectivity index is 1.87. The molecule has 0 aromatic heterocycles. The first-order valence-corrected chi connectivity index (χ1v) is 6.77. The number of thioether (sulfide) groups is 1. The van der Waals surface area contributed by atoms with Crippen LogP contribution < -0.4 is 0 Å². The van der Waals surface area contributed by atoms with E-state index in [2.05, 4.69) is 36.6 Å². The van der Waals surface area contributed by atoms with Crippen molar-refractivity contribution in [1.29, 1.82) is 5.26 Å². The SMILES string of the molecule is CC1(C)CN(CC2(CC#N)CC2)CCS1. The summed E-state index contributed by atoms with van der Waals surface area (Å²) in [5, 5.41) is 8.80. The summed E-state index contributed by atoms with van der Waals surface area (Å²) in [6.07, 6.45) is 3.30. The van der Waals surface area contributed by atoms with Crippen molar-refractivity contribution < 1.29 is 0 Å². The van der Waals surface area contributed by atoms with Gasteiger partial charge in [0, 0.05) is 36.6 Å². The fraction of sp³-hybridized carbons (Fsp3) is 0.917. The summed E-state index contributed by atoms with van der Waals surface area (Å²) in [6.45, 7) is 8.21. The minimum absolute atomic E-state index is 0.382. The van der Waals surface area contributed by atoms with Crippen molar-refractivity contribution in [3.63, 3.8) is 0 Å². The van der Waals surface area contributed by atoms with Crippen LogP contribution in [0.2, 0.25) is 0 Å². The van der Waals surface area contributed by atoms with Crippen LogP contribution in [0, 0.1) is 16.7 Å². The Labute approximate surface area is 97.0 Å². The van der Waals surface area contributed by atoms with E-state index in [0.717, 1.165) is 13.0 Å². The van der Waals surface area contributed by atoms with Crippen LogP contribution in [0.5, 0.6) is 0 Å². The Hall–Kier alpha value is -0.200. The lowest BCUT2D eigenvalue weighted by Crippen LogP contribution is -2.45. The largest absolute Gasteiger partial charge is 0.301 e. The zero-order chi connectivity index (χ0) is 10.9. The van der Waals surface area contributed by atoms with Crippen LogP contribution in [0.4, 0.5) is 0 Å². The summed E-state index contributed by atoms with van der Waals surface area (Å²) < 4.78 is 0.404. The molecule has 0 unspecified atom stereocenters. The number of nitriles is 1. The lowest BCUT2D eigenvalue weighted by molar-refractivity contribution is 0.211. The molecular weight excluding hydrogens is 204 g/mol. The van der Waals surface area contributed by atoms with E-state index in [1.807, 2.05) is 0 Å². The Kier molecular flexibility index (Phi) is 3.00. The van der Waals surface area contributed by atoms with Crippen molar-refractivity contribution in [3.05, 3.63) is 0 Å². The van der Waals surface area contributed by atoms with Gasteiger partial charge in [-0.05, 0) is 32.1 Å². The van der Waals surface area contributed by atoms with Crippen molar-refractivity contribution >= 4 is 11.8 Å². The maximum atomic E-state index is 8.80. The van der Waals surface area contributed by atoms with Crippen molar-refractivity contribution in [2.24, 2.45) is 5.41 Å². The molecule has 1 saturated heterocycles. The molecule has 0 aromatic rings. The average Bonchev–Trinajstić information content (AvgIpc) is 2.83. The molecule has 2 fully saturated rings. The van der Waals surface area contributed by atoms with E-state index in [-0.39, 0.29) is 0 Å². The number of hydrogen-bond acceptors (Lipinski definition) is 3.